The smallest absolute Gasteiger partial charge is 0.221 e. The van der Waals surface area contributed by atoms with Gasteiger partial charge in [-0.05, 0) is 51.0 Å². The molecule has 0 radical (unpaired) electrons. The van der Waals surface area contributed by atoms with E-state index in [0.717, 1.165) is 41.6 Å². The summed E-state index contributed by atoms with van der Waals surface area (Å²) in [6.45, 7) is 6.63. The lowest BCUT2D eigenvalue weighted by atomic mass is 10.0. The summed E-state index contributed by atoms with van der Waals surface area (Å²) >= 11 is 7.55. The third kappa shape index (κ3) is 5.82. The Balaban J connectivity index is 1.63. The van der Waals surface area contributed by atoms with Crippen molar-refractivity contribution in [1.82, 2.24) is 10.2 Å². The quantitative estimate of drug-likeness (QED) is 0.799. The first-order valence-electron chi connectivity index (χ1n) is 7.96. The molecule has 122 valence electrons. The summed E-state index contributed by atoms with van der Waals surface area (Å²) in [4.78, 5) is 15.6. The fourth-order valence-corrected chi connectivity index (χ4v) is 3.63. The van der Waals surface area contributed by atoms with Crippen LogP contribution in [0.4, 0.5) is 0 Å². The number of nitrogens with one attached hydrogen (secondary N) is 1. The lowest BCUT2D eigenvalue weighted by Crippen LogP contribution is -2.46. The van der Waals surface area contributed by atoms with Gasteiger partial charge in [-0.3, -0.25) is 4.79 Å². The topological polar surface area (TPSA) is 32.3 Å². The molecule has 22 heavy (non-hydrogen) atoms. The van der Waals surface area contributed by atoms with Crippen molar-refractivity contribution < 1.29 is 4.79 Å². The third-order valence-electron chi connectivity index (χ3n) is 4.04. The van der Waals surface area contributed by atoms with Crippen molar-refractivity contribution in [3.05, 3.63) is 29.3 Å². The number of piperidine rings is 1. The first-order valence-corrected chi connectivity index (χ1v) is 9.32. The molecule has 0 spiro atoms. The average Bonchev–Trinajstić information content (AvgIpc) is 2.50. The van der Waals surface area contributed by atoms with Crippen molar-refractivity contribution in [1.29, 1.82) is 0 Å². The molecule has 1 aromatic rings. The Hall–Kier alpha value is -0.710. The standard InChI is InChI=1S/C17H25ClN2OS/c1-13(2)20-10-7-15(8-11-20)19-17(21)9-12-22-16-5-3-14(18)4-6-16/h3-6,13,15H,7-12H2,1-2H3,(H,19,21). The van der Waals surface area contributed by atoms with Crippen LogP contribution in [0.1, 0.15) is 33.1 Å². The van der Waals surface area contributed by atoms with E-state index >= 15 is 0 Å². The normalized spacial score (nSPS) is 16.9. The molecule has 1 heterocycles. The Morgan fingerprint density at radius 1 is 1.32 bits per heavy atom. The van der Waals surface area contributed by atoms with Crippen molar-refractivity contribution in [2.75, 3.05) is 18.8 Å². The molecule has 0 aromatic heterocycles. The molecule has 1 amide bonds. The second-order valence-electron chi connectivity index (χ2n) is 6.02. The van der Waals surface area contributed by atoms with E-state index in [9.17, 15) is 4.79 Å². The molecule has 1 fully saturated rings. The highest BCUT2D eigenvalue weighted by atomic mass is 35.5. The summed E-state index contributed by atoms with van der Waals surface area (Å²) in [5.41, 5.74) is 0. The molecule has 2 rings (SSSR count). The molecule has 0 atom stereocenters. The third-order valence-corrected chi connectivity index (χ3v) is 5.30. The van der Waals surface area contributed by atoms with Crippen LogP contribution in [0.15, 0.2) is 29.2 Å². The van der Waals surface area contributed by atoms with Gasteiger partial charge in [0.15, 0.2) is 0 Å². The number of thioether (sulfide) groups is 1. The molecule has 1 aromatic carbocycles. The van der Waals surface area contributed by atoms with E-state index in [-0.39, 0.29) is 5.91 Å². The molecule has 1 saturated heterocycles. The van der Waals surface area contributed by atoms with Crippen LogP contribution in [-0.4, -0.2) is 41.7 Å². The van der Waals surface area contributed by atoms with Gasteiger partial charge in [0, 0.05) is 47.3 Å². The molecule has 0 bridgehead atoms. The SMILES string of the molecule is CC(C)N1CCC(NC(=O)CCSc2ccc(Cl)cc2)CC1. The van der Waals surface area contributed by atoms with E-state index in [1.807, 2.05) is 24.3 Å². The van der Waals surface area contributed by atoms with E-state index in [4.69, 9.17) is 11.6 Å². The summed E-state index contributed by atoms with van der Waals surface area (Å²) < 4.78 is 0. The molecular weight excluding hydrogens is 316 g/mol. The number of likely N-dealkylation sites (tertiary alicyclic amines) is 1. The van der Waals surface area contributed by atoms with Crippen LogP contribution in [0.3, 0.4) is 0 Å². The first-order chi connectivity index (χ1) is 10.5. The van der Waals surface area contributed by atoms with Gasteiger partial charge in [0.2, 0.25) is 5.91 Å². The minimum Gasteiger partial charge on any atom is -0.353 e. The summed E-state index contributed by atoms with van der Waals surface area (Å²) in [5, 5.41) is 3.92. The molecule has 5 heteroatoms. The molecule has 0 unspecified atom stereocenters. The number of benzene rings is 1. The second-order valence-corrected chi connectivity index (χ2v) is 7.63. The lowest BCUT2D eigenvalue weighted by molar-refractivity contribution is -0.121. The summed E-state index contributed by atoms with van der Waals surface area (Å²) in [6.07, 6.45) is 2.69. The number of carbonyl (C=O) groups is 1. The van der Waals surface area contributed by atoms with Gasteiger partial charge in [-0.1, -0.05) is 11.6 Å². The minimum absolute atomic E-state index is 0.171. The van der Waals surface area contributed by atoms with Gasteiger partial charge in [-0.15, -0.1) is 11.8 Å². The maximum atomic E-state index is 12.0. The highest BCUT2D eigenvalue weighted by molar-refractivity contribution is 7.99. The Morgan fingerprint density at radius 2 is 1.95 bits per heavy atom. The van der Waals surface area contributed by atoms with Gasteiger partial charge >= 0.3 is 0 Å². The van der Waals surface area contributed by atoms with Crippen LogP contribution in [-0.2, 0) is 4.79 Å². The van der Waals surface area contributed by atoms with Crippen LogP contribution in [0, 0.1) is 0 Å². The van der Waals surface area contributed by atoms with E-state index in [1.165, 1.54) is 0 Å². The van der Waals surface area contributed by atoms with Crippen LogP contribution >= 0.6 is 23.4 Å². The number of amides is 1. The number of hydrogen-bond donors (Lipinski definition) is 1. The van der Waals surface area contributed by atoms with Gasteiger partial charge in [0.25, 0.3) is 0 Å². The van der Waals surface area contributed by atoms with Crippen LogP contribution in [0.5, 0.6) is 0 Å². The Kier molecular flexibility index (Phi) is 7.06. The van der Waals surface area contributed by atoms with Gasteiger partial charge in [0.1, 0.15) is 0 Å². The number of rotatable bonds is 6. The predicted molar refractivity (Wildman–Crippen MR) is 94.7 cm³/mol. The van der Waals surface area contributed by atoms with Crippen molar-refractivity contribution in [2.24, 2.45) is 0 Å². The monoisotopic (exact) mass is 340 g/mol. The zero-order valence-electron chi connectivity index (χ0n) is 13.3. The van der Waals surface area contributed by atoms with Crippen molar-refractivity contribution in [3.8, 4) is 0 Å². The number of hydrogen-bond acceptors (Lipinski definition) is 3. The van der Waals surface area contributed by atoms with Gasteiger partial charge in [-0.2, -0.15) is 0 Å². The first kappa shape index (κ1) is 17.6. The number of halogens is 1. The van der Waals surface area contributed by atoms with Crippen molar-refractivity contribution in [3.63, 3.8) is 0 Å². The molecule has 0 saturated carbocycles. The van der Waals surface area contributed by atoms with Crippen LogP contribution < -0.4 is 5.32 Å². The maximum Gasteiger partial charge on any atom is 0.221 e. The Bertz CT molecular complexity index is 470. The van der Waals surface area contributed by atoms with E-state index in [2.05, 4.69) is 24.1 Å². The maximum absolute atomic E-state index is 12.0. The summed E-state index contributed by atoms with van der Waals surface area (Å²) in [6, 6.07) is 8.70. The highest BCUT2D eigenvalue weighted by Crippen LogP contribution is 2.21. The molecule has 1 aliphatic heterocycles. The van der Waals surface area contributed by atoms with Crippen LogP contribution in [0.25, 0.3) is 0 Å². The van der Waals surface area contributed by atoms with Gasteiger partial charge in [-0.25, -0.2) is 0 Å². The van der Waals surface area contributed by atoms with E-state index in [1.54, 1.807) is 11.8 Å². The lowest BCUT2D eigenvalue weighted by Gasteiger charge is -2.34. The molecular formula is C17H25ClN2OS. The van der Waals surface area contributed by atoms with E-state index in [0.29, 0.717) is 18.5 Å². The van der Waals surface area contributed by atoms with E-state index < -0.39 is 0 Å². The predicted octanol–water partition coefficient (Wildman–Crippen LogP) is 3.81. The summed E-state index contributed by atoms with van der Waals surface area (Å²) in [5.74, 6) is 0.975. The van der Waals surface area contributed by atoms with Crippen molar-refractivity contribution >= 4 is 29.3 Å². The average molecular weight is 341 g/mol. The summed E-state index contributed by atoms with van der Waals surface area (Å²) in [7, 11) is 0. The Labute approximate surface area is 142 Å². The van der Waals surface area contributed by atoms with Gasteiger partial charge in [0.05, 0.1) is 0 Å². The fourth-order valence-electron chi connectivity index (χ4n) is 2.65. The molecule has 1 aliphatic rings. The van der Waals surface area contributed by atoms with Crippen LogP contribution in [0.2, 0.25) is 5.02 Å². The number of carbonyl (C=O) groups excluding carboxylic acids is 1. The second kappa shape index (κ2) is 8.80. The Morgan fingerprint density at radius 3 is 2.55 bits per heavy atom. The zero-order chi connectivity index (χ0) is 15.9. The highest BCUT2D eigenvalue weighted by Gasteiger charge is 2.21. The molecule has 3 nitrogen and oxygen atoms in total. The zero-order valence-corrected chi connectivity index (χ0v) is 14.9. The minimum atomic E-state index is 0.171. The largest absolute Gasteiger partial charge is 0.353 e. The molecule has 1 N–H and O–H groups in total. The fraction of sp³-hybridized carbons (Fsp3) is 0.588. The van der Waals surface area contributed by atoms with Crippen molar-refractivity contribution in [2.45, 2.75) is 50.1 Å². The molecule has 0 aliphatic carbocycles. The van der Waals surface area contributed by atoms with Gasteiger partial charge < -0.3 is 10.2 Å². The number of nitrogens with zero attached hydrogens (tertiary/aromatic N) is 1.